The third-order valence-corrected chi connectivity index (χ3v) is 5.13. The number of aliphatic hydroxyl groups excluding tert-OH is 1. The zero-order chi connectivity index (χ0) is 26.2. The van der Waals surface area contributed by atoms with Crippen LogP contribution in [-0.2, 0) is 7.05 Å². The minimum atomic E-state index is -4.84. The van der Waals surface area contributed by atoms with E-state index in [1.165, 1.54) is 33.0 Å². The Bertz CT molecular complexity index is 1310. The molecule has 188 valence electrons. The molecule has 8 nitrogen and oxygen atoms in total. The smallest absolute Gasteiger partial charge is 0.425 e. The van der Waals surface area contributed by atoms with Crippen LogP contribution in [0.3, 0.4) is 0 Å². The van der Waals surface area contributed by atoms with Gasteiger partial charge in [-0.15, -0.1) is 5.10 Å². The molecule has 35 heavy (non-hydrogen) atoms. The number of benzene rings is 2. The third kappa shape index (κ3) is 5.19. The highest BCUT2D eigenvalue weighted by atomic mass is 19.4. The van der Waals surface area contributed by atoms with Crippen molar-refractivity contribution in [3.8, 4) is 11.4 Å². The Morgan fingerprint density at radius 3 is 2.37 bits per heavy atom. The van der Waals surface area contributed by atoms with Crippen LogP contribution < -0.4 is 15.7 Å². The van der Waals surface area contributed by atoms with Crippen LogP contribution in [0.15, 0.2) is 35.1 Å². The minimum absolute atomic E-state index is 0.141. The van der Waals surface area contributed by atoms with Crippen molar-refractivity contribution in [2.45, 2.75) is 39.2 Å². The number of aliphatic hydroxyl groups is 1. The molecule has 0 unspecified atom stereocenters. The van der Waals surface area contributed by atoms with Crippen LogP contribution in [0.2, 0.25) is 0 Å². The van der Waals surface area contributed by atoms with E-state index in [0.717, 1.165) is 10.6 Å². The molecule has 0 radical (unpaired) electrons. The van der Waals surface area contributed by atoms with E-state index in [1.807, 2.05) is 0 Å². The highest BCUT2D eigenvalue weighted by molar-refractivity contribution is 6.06. The Morgan fingerprint density at radius 1 is 1.17 bits per heavy atom. The first-order valence-electron chi connectivity index (χ1n) is 10.2. The summed E-state index contributed by atoms with van der Waals surface area (Å²) < 4.78 is 75.2. The lowest BCUT2D eigenvalue weighted by molar-refractivity contribution is -0.189. The van der Waals surface area contributed by atoms with Gasteiger partial charge in [-0.25, -0.2) is 13.6 Å². The first-order valence-corrected chi connectivity index (χ1v) is 10.2. The number of carbonyl (C=O) groups is 1. The van der Waals surface area contributed by atoms with E-state index in [-0.39, 0.29) is 11.5 Å². The first-order chi connectivity index (χ1) is 16.2. The number of rotatable bonds is 6. The van der Waals surface area contributed by atoms with Crippen LogP contribution >= 0.6 is 0 Å². The molecule has 0 saturated heterocycles. The number of hydrogen-bond acceptors (Lipinski definition) is 5. The molecule has 0 spiro atoms. The number of para-hydroxylation sites is 1. The third-order valence-electron chi connectivity index (χ3n) is 5.13. The van der Waals surface area contributed by atoms with E-state index in [2.05, 4.69) is 10.4 Å². The second kappa shape index (κ2) is 9.49. The number of halogens is 5. The Morgan fingerprint density at radius 2 is 1.83 bits per heavy atom. The van der Waals surface area contributed by atoms with E-state index in [9.17, 15) is 32.3 Å². The Kier molecular flexibility index (Phi) is 7.01. The lowest BCUT2D eigenvalue weighted by Crippen LogP contribution is -2.32. The summed E-state index contributed by atoms with van der Waals surface area (Å²) in [6.45, 7) is 3.46. The number of hydrogen-bond donors (Lipinski definition) is 2. The summed E-state index contributed by atoms with van der Waals surface area (Å²) in [5.41, 5.74) is -2.15. The SMILES string of the molecule is Cc1cccc(F)c1NC(=O)c1cc(F)c(-n2nc([C@H](C)O)n(C)c2=O)cc1O[C@@H](C)C(F)(F)F. The number of nitrogens with one attached hydrogen (secondary N) is 1. The van der Waals surface area contributed by atoms with Crippen LogP contribution in [0.25, 0.3) is 5.69 Å². The zero-order valence-electron chi connectivity index (χ0n) is 18.9. The zero-order valence-corrected chi connectivity index (χ0v) is 18.9. The van der Waals surface area contributed by atoms with Gasteiger partial charge in [0.1, 0.15) is 29.2 Å². The quantitative estimate of drug-likeness (QED) is 0.502. The van der Waals surface area contributed by atoms with Crippen LogP contribution in [0.1, 0.15) is 41.7 Å². The Balaban J connectivity index is 2.16. The van der Waals surface area contributed by atoms with Gasteiger partial charge < -0.3 is 15.2 Å². The fourth-order valence-electron chi connectivity index (χ4n) is 3.18. The van der Waals surface area contributed by atoms with E-state index in [4.69, 9.17) is 4.74 Å². The fraction of sp³-hybridized carbons (Fsp3) is 0.318. The van der Waals surface area contributed by atoms with Crippen LogP contribution in [-0.4, -0.2) is 37.6 Å². The van der Waals surface area contributed by atoms with Crippen LogP contribution in [0, 0.1) is 18.6 Å². The molecule has 0 aliphatic heterocycles. The maximum atomic E-state index is 15.1. The summed E-state index contributed by atoms with van der Waals surface area (Å²) in [6.07, 6.45) is -8.48. The second-order valence-electron chi connectivity index (χ2n) is 7.77. The van der Waals surface area contributed by atoms with Crippen LogP contribution in [0.5, 0.6) is 5.75 Å². The van der Waals surface area contributed by atoms with Crippen molar-refractivity contribution in [2.24, 2.45) is 7.05 Å². The van der Waals surface area contributed by atoms with Crippen molar-refractivity contribution >= 4 is 11.6 Å². The van der Waals surface area contributed by atoms with Crippen molar-refractivity contribution in [1.29, 1.82) is 0 Å². The normalized spacial score (nSPS) is 13.4. The topological polar surface area (TPSA) is 98.4 Å². The Labute approximate surface area is 195 Å². The average molecular weight is 500 g/mol. The number of anilines is 1. The summed E-state index contributed by atoms with van der Waals surface area (Å²) in [5, 5.41) is 15.8. The molecule has 2 aromatic carbocycles. The van der Waals surface area contributed by atoms with Gasteiger partial charge in [-0.3, -0.25) is 9.36 Å². The predicted molar refractivity (Wildman–Crippen MR) is 115 cm³/mol. The summed E-state index contributed by atoms with van der Waals surface area (Å²) in [5.74, 6) is -4.03. The minimum Gasteiger partial charge on any atom is -0.480 e. The molecular formula is C22H21F5N4O4. The molecule has 0 fully saturated rings. The van der Waals surface area contributed by atoms with Gasteiger partial charge in [0.15, 0.2) is 11.9 Å². The number of alkyl halides is 3. The van der Waals surface area contributed by atoms with Gasteiger partial charge in [0, 0.05) is 13.1 Å². The summed E-state index contributed by atoms with van der Waals surface area (Å²) >= 11 is 0. The molecule has 0 bridgehead atoms. The molecule has 3 aromatic rings. The lowest BCUT2D eigenvalue weighted by atomic mass is 10.1. The van der Waals surface area contributed by atoms with Crippen molar-refractivity contribution in [3.05, 3.63) is 69.4 Å². The molecule has 2 N–H and O–H groups in total. The molecule has 1 heterocycles. The molecule has 0 aliphatic carbocycles. The van der Waals surface area contributed by atoms with Crippen molar-refractivity contribution in [1.82, 2.24) is 14.3 Å². The molecule has 3 rings (SSSR count). The number of carbonyl (C=O) groups excluding carboxylic acids is 1. The van der Waals surface area contributed by atoms with E-state index in [1.54, 1.807) is 0 Å². The molecular weight excluding hydrogens is 479 g/mol. The second-order valence-corrected chi connectivity index (χ2v) is 7.77. The monoisotopic (exact) mass is 500 g/mol. The maximum Gasteiger partial charge on any atom is 0.425 e. The largest absolute Gasteiger partial charge is 0.480 e. The fourth-order valence-corrected chi connectivity index (χ4v) is 3.18. The molecule has 1 amide bonds. The first kappa shape index (κ1) is 25.9. The molecule has 1 aromatic heterocycles. The summed E-state index contributed by atoms with van der Waals surface area (Å²) in [6, 6.07) is 5.20. The highest BCUT2D eigenvalue weighted by Gasteiger charge is 2.39. The van der Waals surface area contributed by atoms with E-state index in [0.29, 0.717) is 29.3 Å². The predicted octanol–water partition coefficient (Wildman–Crippen LogP) is 3.79. The van der Waals surface area contributed by atoms with Gasteiger partial charge >= 0.3 is 11.9 Å². The van der Waals surface area contributed by atoms with E-state index < -0.39 is 58.6 Å². The standard InChI is InChI=1S/C22H21F5N4O4/c1-10-6-5-7-14(23)18(10)28-20(33)13-8-15(24)16(9-17(13)35-12(3)22(25,26)27)31-21(34)30(4)19(29-31)11(2)32/h5-9,11-12,32H,1-4H3,(H,28,33)/t11-,12-/m0/s1. The van der Waals surface area contributed by atoms with Gasteiger partial charge in [0.2, 0.25) is 0 Å². The molecule has 13 heteroatoms. The van der Waals surface area contributed by atoms with Gasteiger partial charge in [0.05, 0.1) is 11.3 Å². The van der Waals surface area contributed by atoms with E-state index >= 15 is 4.39 Å². The van der Waals surface area contributed by atoms with Gasteiger partial charge in [-0.2, -0.15) is 17.9 Å². The molecule has 0 aliphatic rings. The number of amides is 1. The number of ether oxygens (including phenoxy) is 1. The van der Waals surface area contributed by atoms with Gasteiger partial charge in [0.25, 0.3) is 5.91 Å². The summed E-state index contributed by atoms with van der Waals surface area (Å²) in [7, 11) is 1.26. The van der Waals surface area contributed by atoms with Crippen molar-refractivity contribution in [3.63, 3.8) is 0 Å². The van der Waals surface area contributed by atoms with Gasteiger partial charge in [-0.05, 0) is 38.5 Å². The Hall–Kier alpha value is -3.74. The van der Waals surface area contributed by atoms with Gasteiger partial charge in [-0.1, -0.05) is 12.1 Å². The average Bonchev–Trinajstić information content (AvgIpc) is 3.05. The molecule has 0 saturated carbocycles. The highest BCUT2D eigenvalue weighted by Crippen LogP contribution is 2.31. The van der Waals surface area contributed by atoms with Crippen LogP contribution in [0.4, 0.5) is 27.6 Å². The van der Waals surface area contributed by atoms with Crippen molar-refractivity contribution in [2.75, 3.05) is 5.32 Å². The number of nitrogens with zero attached hydrogens (tertiary/aromatic N) is 3. The number of aromatic nitrogens is 3. The van der Waals surface area contributed by atoms with Crippen molar-refractivity contribution < 1.29 is 36.6 Å². The maximum absolute atomic E-state index is 15.1. The number of aryl methyl sites for hydroxylation is 1. The summed E-state index contributed by atoms with van der Waals surface area (Å²) in [4.78, 5) is 25.4. The lowest BCUT2D eigenvalue weighted by Gasteiger charge is -2.20. The molecule has 2 atom stereocenters.